The molecule has 4 nitrogen and oxygen atoms in total. The lowest BCUT2D eigenvalue weighted by atomic mass is 9.90. The maximum absolute atomic E-state index is 11.7. The van der Waals surface area contributed by atoms with E-state index in [0.717, 1.165) is 18.2 Å². The molecular formula is C12H14O4. The fraction of sp³-hybridized carbons (Fsp3) is 0.417. The summed E-state index contributed by atoms with van der Waals surface area (Å²) in [5, 5.41) is 0. The number of ether oxygens (including phenoxy) is 1. The first-order chi connectivity index (χ1) is 7.36. The highest BCUT2D eigenvalue weighted by molar-refractivity contribution is 6.17. The van der Waals surface area contributed by atoms with Gasteiger partial charge in [-0.3, -0.25) is 14.4 Å². The van der Waals surface area contributed by atoms with E-state index in [1.165, 1.54) is 0 Å². The molecule has 0 fully saturated rings. The van der Waals surface area contributed by atoms with E-state index in [9.17, 15) is 14.4 Å². The highest BCUT2D eigenvalue weighted by atomic mass is 16.5. The van der Waals surface area contributed by atoms with Crippen molar-refractivity contribution in [2.24, 2.45) is 5.41 Å². The van der Waals surface area contributed by atoms with Crippen molar-refractivity contribution in [1.82, 2.24) is 0 Å². The van der Waals surface area contributed by atoms with Crippen molar-refractivity contribution >= 4 is 17.5 Å². The third-order valence-corrected chi connectivity index (χ3v) is 2.55. The molecule has 1 aliphatic carbocycles. The van der Waals surface area contributed by atoms with Crippen LogP contribution in [0.25, 0.3) is 0 Å². The number of carbonyl (C=O) groups excluding carboxylic acids is 3. The first-order valence-electron chi connectivity index (χ1n) is 5.07. The van der Waals surface area contributed by atoms with E-state index in [0.29, 0.717) is 6.42 Å². The summed E-state index contributed by atoms with van der Waals surface area (Å²) in [4.78, 5) is 34.0. The summed E-state index contributed by atoms with van der Waals surface area (Å²) in [5.41, 5.74) is -0.661. The lowest BCUT2D eigenvalue weighted by Gasteiger charge is -2.20. The van der Waals surface area contributed by atoms with Crippen molar-refractivity contribution < 1.29 is 19.1 Å². The number of allylic oxidation sites excluding steroid dienone is 3. The van der Waals surface area contributed by atoms with E-state index < -0.39 is 17.2 Å². The Balaban J connectivity index is 2.79. The molecule has 0 aliphatic heterocycles. The molecular weight excluding hydrogens is 208 g/mol. The quantitative estimate of drug-likeness (QED) is 0.537. The third-order valence-electron chi connectivity index (χ3n) is 2.55. The van der Waals surface area contributed by atoms with Crippen LogP contribution < -0.4 is 0 Å². The zero-order valence-electron chi connectivity index (χ0n) is 9.57. The van der Waals surface area contributed by atoms with Crippen LogP contribution >= 0.6 is 0 Å². The van der Waals surface area contributed by atoms with E-state index >= 15 is 0 Å². The van der Waals surface area contributed by atoms with Crippen LogP contribution in [0.15, 0.2) is 24.0 Å². The SMILES string of the molecule is CCC(C)(C)C(=O)OC1=CC(=O)C=CC1=O. The van der Waals surface area contributed by atoms with Gasteiger partial charge in [0.25, 0.3) is 0 Å². The fourth-order valence-electron chi connectivity index (χ4n) is 0.951. The van der Waals surface area contributed by atoms with Crippen LogP contribution in [0, 0.1) is 5.41 Å². The van der Waals surface area contributed by atoms with Crippen molar-refractivity contribution in [1.29, 1.82) is 0 Å². The first kappa shape index (κ1) is 12.4. The Morgan fingerprint density at radius 3 is 2.50 bits per heavy atom. The lowest BCUT2D eigenvalue weighted by Crippen LogP contribution is -2.27. The summed E-state index contributed by atoms with van der Waals surface area (Å²) < 4.78 is 4.93. The molecule has 16 heavy (non-hydrogen) atoms. The summed E-state index contributed by atoms with van der Waals surface area (Å²) >= 11 is 0. The molecule has 0 aromatic rings. The van der Waals surface area contributed by atoms with Crippen LogP contribution in [0.4, 0.5) is 0 Å². The fourth-order valence-corrected chi connectivity index (χ4v) is 0.951. The minimum Gasteiger partial charge on any atom is -0.422 e. The molecule has 86 valence electrons. The van der Waals surface area contributed by atoms with E-state index in [1.54, 1.807) is 13.8 Å². The molecule has 0 heterocycles. The van der Waals surface area contributed by atoms with Gasteiger partial charge in [0.15, 0.2) is 11.5 Å². The summed E-state index contributed by atoms with van der Waals surface area (Å²) in [7, 11) is 0. The molecule has 0 unspecified atom stereocenters. The zero-order chi connectivity index (χ0) is 12.3. The Morgan fingerprint density at radius 1 is 1.31 bits per heavy atom. The number of rotatable bonds is 3. The van der Waals surface area contributed by atoms with Gasteiger partial charge in [0.2, 0.25) is 5.78 Å². The molecule has 0 aromatic heterocycles. The molecule has 0 atom stereocenters. The molecule has 0 bridgehead atoms. The summed E-state index contributed by atoms with van der Waals surface area (Å²) in [6.45, 7) is 5.30. The van der Waals surface area contributed by atoms with Crippen molar-refractivity contribution in [3.8, 4) is 0 Å². The van der Waals surface area contributed by atoms with Crippen molar-refractivity contribution in [2.75, 3.05) is 0 Å². The van der Waals surface area contributed by atoms with Crippen LogP contribution in [-0.2, 0) is 19.1 Å². The Kier molecular flexibility index (Phi) is 3.42. The second-order valence-corrected chi connectivity index (χ2v) is 4.24. The Morgan fingerprint density at radius 2 is 1.94 bits per heavy atom. The average Bonchev–Trinajstić information content (AvgIpc) is 2.23. The van der Waals surface area contributed by atoms with Gasteiger partial charge in [0.1, 0.15) is 0 Å². The average molecular weight is 222 g/mol. The Hall–Kier alpha value is -1.71. The second-order valence-electron chi connectivity index (χ2n) is 4.24. The highest BCUT2D eigenvalue weighted by Crippen LogP contribution is 2.23. The number of hydrogen-bond donors (Lipinski definition) is 0. The Labute approximate surface area is 94.0 Å². The smallest absolute Gasteiger partial charge is 0.317 e. The van der Waals surface area contributed by atoms with Crippen LogP contribution in [0.1, 0.15) is 27.2 Å². The van der Waals surface area contributed by atoms with Gasteiger partial charge in [-0.25, -0.2) is 0 Å². The van der Waals surface area contributed by atoms with Gasteiger partial charge in [-0.05, 0) is 32.4 Å². The topological polar surface area (TPSA) is 60.4 Å². The minimum atomic E-state index is -0.661. The molecule has 1 rings (SSSR count). The van der Waals surface area contributed by atoms with Crippen molar-refractivity contribution in [2.45, 2.75) is 27.2 Å². The Bertz CT molecular complexity index is 399. The maximum atomic E-state index is 11.7. The van der Waals surface area contributed by atoms with E-state index in [2.05, 4.69) is 0 Å². The van der Waals surface area contributed by atoms with Crippen molar-refractivity contribution in [3.05, 3.63) is 24.0 Å². The predicted molar refractivity (Wildman–Crippen MR) is 57.4 cm³/mol. The molecule has 0 amide bonds. The van der Waals surface area contributed by atoms with Crippen LogP contribution in [0.5, 0.6) is 0 Å². The highest BCUT2D eigenvalue weighted by Gasteiger charge is 2.30. The minimum absolute atomic E-state index is 0.195. The van der Waals surface area contributed by atoms with Gasteiger partial charge in [-0.2, -0.15) is 0 Å². The van der Waals surface area contributed by atoms with Crippen LogP contribution in [-0.4, -0.2) is 17.5 Å². The molecule has 0 spiro atoms. The molecule has 0 N–H and O–H groups in total. The molecule has 0 radical (unpaired) electrons. The summed E-state index contributed by atoms with van der Waals surface area (Å²) in [6, 6.07) is 0. The van der Waals surface area contributed by atoms with Crippen LogP contribution in [0.2, 0.25) is 0 Å². The van der Waals surface area contributed by atoms with Gasteiger partial charge < -0.3 is 4.74 Å². The molecule has 4 heteroatoms. The first-order valence-corrected chi connectivity index (χ1v) is 5.07. The largest absolute Gasteiger partial charge is 0.422 e. The number of hydrogen-bond acceptors (Lipinski definition) is 4. The van der Waals surface area contributed by atoms with Gasteiger partial charge in [-0.15, -0.1) is 0 Å². The van der Waals surface area contributed by atoms with Gasteiger partial charge in [-0.1, -0.05) is 6.92 Å². The van der Waals surface area contributed by atoms with Gasteiger partial charge in [0.05, 0.1) is 5.41 Å². The summed E-state index contributed by atoms with van der Waals surface area (Å²) in [6.07, 6.45) is 3.87. The maximum Gasteiger partial charge on any atom is 0.317 e. The number of esters is 1. The number of ketones is 2. The molecule has 1 aliphatic rings. The predicted octanol–water partition coefficient (Wildman–Crippen LogP) is 1.56. The van der Waals surface area contributed by atoms with Gasteiger partial charge in [0, 0.05) is 6.08 Å². The van der Waals surface area contributed by atoms with Gasteiger partial charge >= 0.3 is 5.97 Å². The monoisotopic (exact) mass is 222 g/mol. The summed E-state index contributed by atoms with van der Waals surface area (Å²) in [5.74, 6) is -1.51. The normalized spacial score (nSPS) is 16.1. The second kappa shape index (κ2) is 4.43. The van der Waals surface area contributed by atoms with E-state index in [1.807, 2.05) is 6.92 Å². The van der Waals surface area contributed by atoms with E-state index in [-0.39, 0.29) is 11.5 Å². The molecule has 0 saturated heterocycles. The van der Waals surface area contributed by atoms with Crippen molar-refractivity contribution in [3.63, 3.8) is 0 Å². The zero-order valence-corrected chi connectivity index (χ0v) is 9.57. The molecule has 0 aromatic carbocycles. The third kappa shape index (κ3) is 2.66. The number of carbonyl (C=O) groups is 3. The van der Waals surface area contributed by atoms with Crippen LogP contribution in [0.3, 0.4) is 0 Å². The lowest BCUT2D eigenvalue weighted by molar-refractivity contribution is -0.151. The standard InChI is InChI=1S/C12H14O4/c1-4-12(2,3)11(15)16-10-7-8(13)5-6-9(10)14/h5-7H,4H2,1-3H3. The van der Waals surface area contributed by atoms with E-state index in [4.69, 9.17) is 4.74 Å². The molecule has 0 saturated carbocycles.